The van der Waals surface area contributed by atoms with E-state index in [4.69, 9.17) is 5.73 Å². The molecule has 1 atom stereocenters. The fraction of sp³-hybridized carbons (Fsp3) is 0.556. The normalized spacial score (nSPS) is 26.2. The average Bonchev–Trinajstić information content (AvgIpc) is 3.18. The van der Waals surface area contributed by atoms with Gasteiger partial charge in [0.15, 0.2) is 0 Å². The minimum atomic E-state index is -0.430. The summed E-state index contributed by atoms with van der Waals surface area (Å²) in [5.41, 5.74) is 6.48. The molecule has 1 saturated heterocycles. The van der Waals surface area contributed by atoms with Crippen LogP contribution >= 0.6 is 0 Å². The summed E-state index contributed by atoms with van der Waals surface area (Å²) in [6, 6.07) is 7.36. The van der Waals surface area contributed by atoms with Crippen molar-refractivity contribution in [1.82, 2.24) is 10.2 Å². The molecule has 4 rings (SSSR count). The third kappa shape index (κ3) is 2.53. The molecule has 1 aromatic carbocycles. The van der Waals surface area contributed by atoms with E-state index in [2.05, 4.69) is 5.32 Å². The Morgan fingerprint density at radius 1 is 1.30 bits per heavy atom. The van der Waals surface area contributed by atoms with Crippen molar-refractivity contribution in [3.8, 4) is 0 Å². The number of hydrogen-bond acceptors (Lipinski definition) is 3. The molecular formula is C18H23N3O2. The van der Waals surface area contributed by atoms with Crippen molar-refractivity contribution >= 4 is 11.8 Å². The van der Waals surface area contributed by atoms with Crippen molar-refractivity contribution in [1.29, 1.82) is 0 Å². The molecule has 2 saturated carbocycles. The number of nitrogens with two attached hydrogens (primary N) is 1. The molecule has 3 N–H and O–H groups in total. The standard InChI is InChI=1S/C18H23N3O2/c19-15(22)13-4-3-5-14(10-13)16-20-18(8-1-2-9-18)17(23)21(16)11-12-6-7-12/h3-5,10,12,16,20H,1-2,6-9,11H2,(H2,19,22)/t16-/m1/s1. The lowest BCUT2D eigenvalue weighted by Crippen LogP contribution is -2.44. The highest BCUT2D eigenvalue weighted by Crippen LogP contribution is 2.43. The van der Waals surface area contributed by atoms with Crippen LogP contribution in [0, 0.1) is 5.92 Å². The van der Waals surface area contributed by atoms with E-state index in [1.54, 1.807) is 6.07 Å². The maximum Gasteiger partial charge on any atom is 0.248 e. The number of primary amides is 1. The average molecular weight is 313 g/mol. The molecule has 1 aliphatic heterocycles. The fourth-order valence-electron chi connectivity index (χ4n) is 4.02. The van der Waals surface area contributed by atoms with E-state index in [0.29, 0.717) is 11.5 Å². The predicted molar refractivity (Wildman–Crippen MR) is 86.5 cm³/mol. The van der Waals surface area contributed by atoms with Gasteiger partial charge in [-0.05, 0) is 49.3 Å². The van der Waals surface area contributed by atoms with Crippen molar-refractivity contribution in [2.24, 2.45) is 11.7 Å². The van der Waals surface area contributed by atoms with Crippen molar-refractivity contribution in [3.05, 3.63) is 35.4 Å². The largest absolute Gasteiger partial charge is 0.366 e. The number of carbonyl (C=O) groups is 2. The van der Waals surface area contributed by atoms with Gasteiger partial charge in [0, 0.05) is 12.1 Å². The zero-order valence-electron chi connectivity index (χ0n) is 13.3. The lowest BCUT2D eigenvalue weighted by atomic mass is 9.98. The van der Waals surface area contributed by atoms with Crippen LogP contribution in [0.1, 0.15) is 60.6 Å². The molecule has 0 bridgehead atoms. The molecule has 1 heterocycles. The summed E-state index contributed by atoms with van der Waals surface area (Å²) < 4.78 is 0. The second-order valence-electron chi connectivity index (χ2n) is 7.23. The quantitative estimate of drug-likeness (QED) is 0.892. The van der Waals surface area contributed by atoms with Gasteiger partial charge in [-0.1, -0.05) is 25.0 Å². The van der Waals surface area contributed by atoms with Gasteiger partial charge in [-0.2, -0.15) is 0 Å². The Bertz CT molecular complexity index is 647. The lowest BCUT2D eigenvalue weighted by Gasteiger charge is -2.24. The first-order chi connectivity index (χ1) is 11.1. The number of hydrogen-bond donors (Lipinski definition) is 2. The van der Waals surface area contributed by atoms with Gasteiger partial charge in [0.05, 0.1) is 5.54 Å². The molecule has 1 spiro atoms. The summed E-state index contributed by atoms with van der Waals surface area (Å²) in [5.74, 6) is 0.455. The molecule has 0 radical (unpaired) electrons. The molecule has 2 aliphatic carbocycles. The summed E-state index contributed by atoms with van der Waals surface area (Å²) in [4.78, 5) is 26.5. The number of nitrogens with zero attached hydrogens (tertiary/aromatic N) is 1. The summed E-state index contributed by atoms with van der Waals surface area (Å²) in [6.45, 7) is 0.819. The van der Waals surface area contributed by atoms with Crippen LogP contribution in [0.2, 0.25) is 0 Å². The fourth-order valence-corrected chi connectivity index (χ4v) is 4.02. The van der Waals surface area contributed by atoms with Crippen LogP contribution in [0.4, 0.5) is 0 Å². The highest BCUT2D eigenvalue weighted by molar-refractivity contribution is 5.93. The molecule has 2 amide bonds. The summed E-state index contributed by atoms with van der Waals surface area (Å²) in [6.07, 6.45) is 6.32. The highest BCUT2D eigenvalue weighted by Gasteiger charge is 2.53. The summed E-state index contributed by atoms with van der Waals surface area (Å²) >= 11 is 0. The maximum atomic E-state index is 13.1. The third-order valence-corrected chi connectivity index (χ3v) is 5.49. The molecule has 3 aliphatic rings. The molecule has 0 unspecified atom stereocenters. The van der Waals surface area contributed by atoms with Crippen LogP contribution in [0.15, 0.2) is 24.3 Å². The Labute approximate surface area is 136 Å². The van der Waals surface area contributed by atoms with Gasteiger partial charge in [-0.15, -0.1) is 0 Å². The number of nitrogens with one attached hydrogen (secondary N) is 1. The molecule has 3 fully saturated rings. The maximum absolute atomic E-state index is 13.1. The van der Waals surface area contributed by atoms with Crippen LogP contribution in [-0.4, -0.2) is 28.8 Å². The topological polar surface area (TPSA) is 75.4 Å². The predicted octanol–water partition coefficient (Wildman–Crippen LogP) is 1.94. The van der Waals surface area contributed by atoms with Crippen LogP contribution in [0.25, 0.3) is 0 Å². The van der Waals surface area contributed by atoms with Gasteiger partial charge in [0.1, 0.15) is 6.17 Å². The Hall–Kier alpha value is -1.88. The molecule has 5 nitrogen and oxygen atoms in total. The first-order valence-electron chi connectivity index (χ1n) is 8.58. The van der Waals surface area contributed by atoms with Gasteiger partial charge in [0.2, 0.25) is 11.8 Å². The van der Waals surface area contributed by atoms with Gasteiger partial charge < -0.3 is 10.6 Å². The van der Waals surface area contributed by atoms with Crippen molar-refractivity contribution in [3.63, 3.8) is 0 Å². The van der Waals surface area contributed by atoms with Crippen LogP contribution < -0.4 is 11.1 Å². The van der Waals surface area contributed by atoms with Crippen molar-refractivity contribution < 1.29 is 9.59 Å². The number of amides is 2. The van der Waals surface area contributed by atoms with Gasteiger partial charge in [-0.3, -0.25) is 14.9 Å². The highest BCUT2D eigenvalue weighted by atomic mass is 16.2. The molecule has 122 valence electrons. The van der Waals surface area contributed by atoms with Crippen LogP contribution in [0.5, 0.6) is 0 Å². The zero-order valence-corrected chi connectivity index (χ0v) is 13.3. The third-order valence-electron chi connectivity index (χ3n) is 5.49. The van der Waals surface area contributed by atoms with Crippen molar-refractivity contribution in [2.75, 3.05) is 6.54 Å². The first-order valence-corrected chi connectivity index (χ1v) is 8.58. The monoisotopic (exact) mass is 313 g/mol. The SMILES string of the molecule is NC(=O)c1cccc([C@@H]2NC3(CCCC3)C(=O)N2CC2CC2)c1. The van der Waals surface area contributed by atoms with E-state index in [1.807, 2.05) is 23.1 Å². The summed E-state index contributed by atoms with van der Waals surface area (Å²) in [7, 11) is 0. The van der Waals surface area contributed by atoms with Crippen molar-refractivity contribution in [2.45, 2.75) is 50.2 Å². The van der Waals surface area contributed by atoms with E-state index in [1.165, 1.54) is 12.8 Å². The molecule has 0 aromatic heterocycles. The number of rotatable bonds is 4. The van der Waals surface area contributed by atoms with Crippen LogP contribution in [-0.2, 0) is 4.79 Å². The summed E-state index contributed by atoms with van der Waals surface area (Å²) in [5, 5.41) is 3.61. The van der Waals surface area contributed by atoms with E-state index in [-0.39, 0.29) is 17.6 Å². The lowest BCUT2D eigenvalue weighted by molar-refractivity contribution is -0.133. The molecule has 1 aromatic rings. The van der Waals surface area contributed by atoms with E-state index in [9.17, 15) is 9.59 Å². The van der Waals surface area contributed by atoms with E-state index in [0.717, 1.165) is 37.8 Å². The molecule has 23 heavy (non-hydrogen) atoms. The van der Waals surface area contributed by atoms with Gasteiger partial charge >= 0.3 is 0 Å². The smallest absolute Gasteiger partial charge is 0.248 e. The van der Waals surface area contributed by atoms with Gasteiger partial charge in [-0.25, -0.2) is 0 Å². The molecule has 5 heteroatoms. The first kappa shape index (κ1) is 14.7. The minimum absolute atomic E-state index is 0.138. The second-order valence-corrected chi connectivity index (χ2v) is 7.23. The second kappa shape index (κ2) is 5.34. The molecular weight excluding hydrogens is 290 g/mol. The minimum Gasteiger partial charge on any atom is -0.366 e. The Morgan fingerprint density at radius 2 is 2.04 bits per heavy atom. The van der Waals surface area contributed by atoms with Gasteiger partial charge in [0.25, 0.3) is 0 Å². The van der Waals surface area contributed by atoms with E-state index < -0.39 is 5.91 Å². The van der Waals surface area contributed by atoms with E-state index >= 15 is 0 Å². The Kier molecular flexibility index (Phi) is 3.41. The number of carbonyl (C=O) groups excluding carboxylic acids is 2. The van der Waals surface area contributed by atoms with Crippen LogP contribution in [0.3, 0.4) is 0 Å². The Morgan fingerprint density at radius 3 is 2.70 bits per heavy atom. The zero-order chi connectivity index (χ0) is 16.0. The number of benzene rings is 1. The Balaban J connectivity index is 1.68.